The molecule has 1 amide bonds. The number of aryl methyl sites for hydroxylation is 1. The van der Waals surface area contributed by atoms with E-state index in [0.717, 1.165) is 18.5 Å². The monoisotopic (exact) mass is 281 g/mol. The van der Waals surface area contributed by atoms with E-state index in [4.69, 9.17) is 4.74 Å². The minimum atomic E-state index is 0.0463. The van der Waals surface area contributed by atoms with Gasteiger partial charge in [0.2, 0.25) is 0 Å². The summed E-state index contributed by atoms with van der Waals surface area (Å²) in [6.45, 7) is 3.42. The van der Waals surface area contributed by atoms with Crippen LogP contribution in [0.4, 0.5) is 0 Å². The molecule has 1 aliphatic heterocycles. The Balaban J connectivity index is 1.89. The number of carbonyl (C=O) groups is 1. The van der Waals surface area contributed by atoms with Crippen molar-refractivity contribution in [1.82, 2.24) is 4.90 Å². The van der Waals surface area contributed by atoms with Gasteiger partial charge in [0.1, 0.15) is 5.75 Å². The number of amides is 1. The molecule has 0 atom stereocenters. The third kappa shape index (κ3) is 2.64. The zero-order valence-electron chi connectivity index (χ0n) is 12.4. The summed E-state index contributed by atoms with van der Waals surface area (Å²) < 4.78 is 5.33. The second-order valence-corrected chi connectivity index (χ2v) is 5.45. The van der Waals surface area contributed by atoms with E-state index in [9.17, 15) is 4.79 Å². The lowest BCUT2D eigenvalue weighted by molar-refractivity contribution is 0.0731. The van der Waals surface area contributed by atoms with Crippen LogP contribution in [0.1, 0.15) is 27.0 Å². The van der Waals surface area contributed by atoms with Crippen molar-refractivity contribution in [3.63, 3.8) is 0 Å². The van der Waals surface area contributed by atoms with E-state index < -0.39 is 0 Å². The summed E-state index contributed by atoms with van der Waals surface area (Å²) in [5.74, 6) is 0.689. The molecule has 3 heteroatoms. The topological polar surface area (TPSA) is 29.5 Å². The van der Waals surface area contributed by atoms with Gasteiger partial charge in [-0.15, -0.1) is 0 Å². The zero-order valence-corrected chi connectivity index (χ0v) is 12.4. The van der Waals surface area contributed by atoms with Gasteiger partial charge in [-0.1, -0.05) is 35.9 Å². The molecule has 0 radical (unpaired) electrons. The predicted molar refractivity (Wildman–Crippen MR) is 82.6 cm³/mol. The molecule has 0 saturated carbocycles. The number of hydrogen-bond donors (Lipinski definition) is 0. The first kappa shape index (κ1) is 13.7. The van der Waals surface area contributed by atoms with Crippen LogP contribution in [0, 0.1) is 6.92 Å². The average molecular weight is 281 g/mol. The molecular weight excluding hydrogens is 262 g/mol. The summed E-state index contributed by atoms with van der Waals surface area (Å²) in [5, 5.41) is 0. The van der Waals surface area contributed by atoms with Crippen molar-refractivity contribution in [2.75, 3.05) is 13.7 Å². The molecule has 0 unspecified atom stereocenters. The summed E-state index contributed by atoms with van der Waals surface area (Å²) in [5.41, 5.74) is 4.30. The van der Waals surface area contributed by atoms with Crippen LogP contribution < -0.4 is 4.74 Å². The van der Waals surface area contributed by atoms with Gasteiger partial charge in [-0.3, -0.25) is 4.79 Å². The van der Waals surface area contributed by atoms with Crippen LogP contribution in [0.15, 0.2) is 42.5 Å². The molecule has 3 rings (SSSR count). The molecular formula is C18H19NO2. The first-order chi connectivity index (χ1) is 10.2. The Morgan fingerprint density at radius 3 is 2.67 bits per heavy atom. The zero-order chi connectivity index (χ0) is 14.8. The van der Waals surface area contributed by atoms with Crippen molar-refractivity contribution in [3.8, 4) is 5.75 Å². The van der Waals surface area contributed by atoms with Crippen LogP contribution in [-0.2, 0) is 13.0 Å². The third-order valence-corrected chi connectivity index (χ3v) is 4.00. The van der Waals surface area contributed by atoms with Crippen LogP contribution in [-0.4, -0.2) is 24.5 Å². The Morgan fingerprint density at radius 2 is 1.90 bits per heavy atom. The largest absolute Gasteiger partial charge is 0.496 e. The van der Waals surface area contributed by atoms with Gasteiger partial charge in [-0.05, 0) is 36.6 Å². The molecule has 0 aromatic heterocycles. The summed E-state index contributed by atoms with van der Waals surface area (Å²) in [6.07, 6.45) is 0.913. The fourth-order valence-corrected chi connectivity index (χ4v) is 2.83. The normalized spacial score (nSPS) is 13.7. The number of rotatable bonds is 2. The summed E-state index contributed by atoms with van der Waals surface area (Å²) in [6, 6.07) is 14.1. The Kier molecular flexibility index (Phi) is 3.65. The van der Waals surface area contributed by atoms with E-state index in [1.807, 2.05) is 36.1 Å². The highest BCUT2D eigenvalue weighted by molar-refractivity contribution is 5.97. The van der Waals surface area contributed by atoms with Gasteiger partial charge in [0.15, 0.2) is 0 Å². The molecule has 2 aromatic carbocycles. The minimum Gasteiger partial charge on any atom is -0.496 e. The third-order valence-electron chi connectivity index (χ3n) is 4.00. The second kappa shape index (κ2) is 5.60. The van der Waals surface area contributed by atoms with Crippen LogP contribution in [0.3, 0.4) is 0 Å². The van der Waals surface area contributed by atoms with E-state index in [1.165, 1.54) is 11.1 Å². The molecule has 1 heterocycles. The number of methoxy groups -OCH3 is 1. The van der Waals surface area contributed by atoms with Crippen molar-refractivity contribution < 1.29 is 9.53 Å². The number of fused-ring (bicyclic) bond motifs is 1. The minimum absolute atomic E-state index is 0.0463. The standard InChI is InChI=1S/C18H19NO2/c1-13-7-8-17(21-2)16(11-13)18(20)19-10-9-14-5-3-4-6-15(14)12-19/h3-8,11H,9-10,12H2,1-2H3. The number of hydrogen-bond acceptors (Lipinski definition) is 2. The van der Waals surface area contributed by atoms with Gasteiger partial charge in [-0.25, -0.2) is 0 Å². The van der Waals surface area contributed by atoms with Crippen molar-refractivity contribution in [1.29, 1.82) is 0 Å². The Hall–Kier alpha value is -2.29. The Labute approximate surface area is 125 Å². The van der Waals surface area contributed by atoms with E-state index in [2.05, 4.69) is 18.2 Å². The maximum absolute atomic E-state index is 12.8. The summed E-state index contributed by atoms with van der Waals surface area (Å²) >= 11 is 0. The van der Waals surface area contributed by atoms with Crippen molar-refractivity contribution in [3.05, 3.63) is 64.7 Å². The molecule has 3 nitrogen and oxygen atoms in total. The summed E-state index contributed by atoms with van der Waals surface area (Å²) in [7, 11) is 1.60. The lowest BCUT2D eigenvalue weighted by Crippen LogP contribution is -2.36. The van der Waals surface area contributed by atoms with Gasteiger partial charge in [0.05, 0.1) is 12.7 Å². The Morgan fingerprint density at radius 1 is 1.14 bits per heavy atom. The van der Waals surface area contributed by atoms with Crippen LogP contribution in [0.25, 0.3) is 0 Å². The number of nitrogens with zero attached hydrogens (tertiary/aromatic N) is 1. The lowest BCUT2D eigenvalue weighted by atomic mass is 9.99. The molecule has 21 heavy (non-hydrogen) atoms. The highest BCUT2D eigenvalue weighted by atomic mass is 16.5. The predicted octanol–water partition coefficient (Wildman–Crippen LogP) is 3.20. The smallest absolute Gasteiger partial charge is 0.257 e. The number of ether oxygens (including phenoxy) is 1. The van der Waals surface area contributed by atoms with E-state index in [-0.39, 0.29) is 5.91 Å². The average Bonchev–Trinajstić information content (AvgIpc) is 2.53. The van der Waals surface area contributed by atoms with Gasteiger partial charge in [0.25, 0.3) is 5.91 Å². The maximum Gasteiger partial charge on any atom is 0.257 e. The van der Waals surface area contributed by atoms with E-state index in [0.29, 0.717) is 17.9 Å². The molecule has 0 N–H and O–H groups in total. The van der Waals surface area contributed by atoms with Gasteiger partial charge < -0.3 is 9.64 Å². The van der Waals surface area contributed by atoms with Crippen LogP contribution in [0.5, 0.6) is 5.75 Å². The molecule has 108 valence electrons. The molecule has 0 spiro atoms. The van der Waals surface area contributed by atoms with Crippen molar-refractivity contribution in [2.45, 2.75) is 19.9 Å². The molecule has 0 aliphatic carbocycles. The highest BCUT2D eigenvalue weighted by Gasteiger charge is 2.23. The lowest BCUT2D eigenvalue weighted by Gasteiger charge is -2.29. The first-order valence-corrected chi connectivity index (χ1v) is 7.20. The molecule has 1 aliphatic rings. The van der Waals surface area contributed by atoms with Crippen LogP contribution in [0.2, 0.25) is 0 Å². The van der Waals surface area contributed by atoms with Crippen molar-refractivity contribution >= 4 is 5.91 Å². The van der Waals surface area contributed by atoms with Gasteiger partial charge in [-0.2, -0.15) is 0 Å². The first-order valence-electron chi connectivity index (χ1n) is 7.20. The summed E-state index contributed by atoms with van der Waals surface area (Å²) in [4.78, 5) is 14.7. The van der Waals surface area contributed by atoms with Gasteiger partial charge in [0, 0.05) is 13.1 Å². The fraction of sp³-hybridized carbons (Fsp3) is 0.278. The maximum atomic E-state index is 12.8. The Bertz CT molecular complexity index is 679. The molecule has 2 aromatic rings. The number of benzene rings is 2. The van der Waals surface area contributed by atoms with Crippen molar-refractivity contribution in [2.24, 2.45) is 0 Å². The van der Waals surface area contributed by atoms with E-state index >= 15 is 0 Å². The highest BCUT2D eigenvalue weighted by Crippen LogP contribution is 2.25. The SMILES string of the molecule is COc1ccc(C)cc1C(=O)N1CCc2ccccc2C1. The van der Waals surface area contributed by atoms with E-state index in [1.54, 1.807) is 7.11 Å². The van der Waals surface area contributed by atoms with Gasteiger partial charge >= 0.3 is 0 Å². The molecule has 0 bridgehead atoms. The molecule has 0 fully saturated rings. The second-order valence-electron chi connectivity index (χ2n) is 5.45. The molecule has 0 saturated heterocycles. The quantitative estimate of drug-likeness (QED) is 0.846. The number of carbonyl (C=O) groups excluding carboxylic acids is 1. The fourth-order valence-electron chi connectivity index (χ4n) is 2.83. The van der Waals surface area contributed by atoms with Crippen LogP contribution >= 0.6 is 0 Å².